The van der Waals surface area contributed by atoms with Gasteiger partial charge in [0, 0.05) is 24.5 Å². The van der Waals surface area contributed by atoms with Crippen LogP contribution in [0.4, 0.5) is 0 Å². The number of aromatic nitrogens is 1. The van der Waals surface area contributed by atoms with E-state index in [9.17, 15) is 4.79 Å². The Morgan fingerprint density at radius 2 is 1.95 bits per heavy atom. The van der Waals surface area contributed by atoms with Crippen molar-refractivity contribution in [2.45, 2.75) is 6.54 Å². The molecule has 0 spiro atoms. The van der Waals surface area contributed by atoms with Gasteiger partial charge in [-0.1, -0.05) is 41.7 Å². The summed E-state index contributed by atoms with van der Waals surface area (Å²) >= 11 is 1.31. The predicted octanol–water partition coefficient (Wildman–Crippen LogP) is 1.94. The molecule has 0 saturated carbocycles. The van der Waals surface area contributed by atoms with Gasteiger partial charge in [-0.3, -0.25) is 9.69 Å². The summed E-state index contributed by atoms with van der Waals surface area (Å²) in [6.45, 7) is 4.23. The highest BCUT2D eigenvalue weighted by Gasteiger charge is 2.16. The van der Waals surface area contributed by atoms with Gasteiger partial charge < -0.3 is 9.72 Å². The zero-order valence-electron chi connectivity index (χ0n) is 10.6. The average Bonchev–Trinajstić information content (AvgIpc) is 2.82. The van der Waals surface area contributed by atoms with E-state index in [1.54, 1.807) is 0 Å². The molecule has 1 aromatic heterocycles. The van der Waals surface area contributed by atoms with Crippen molar-refractivity contribution in [3.8, 4) is 11.3 Å². The van der Waals surface area contributed by atoms with Gasteiger partial charge in [0.05, 0.1) is 18.9 Å². The van der Waals surface area contributed by atoms with Crippen molar-refractivity contribution >= 4 is 11.3 Å². The third-order valence-corrected chi connectivity index (χ3v) is 4.12. The molecule has 4 nitrogen and oxygen atoms in total. The molecule has 2 heterocycles. The first-order valence-electron chi connectivity index (χ1n) is 6.40. The highest BCUT2D eigenvalue weighted by molar-refractivity contribution is 7.09. The first-order valence-corrected chi connectivity index (χ1v) is 7.22. The van der Waals surface area contributed by atoms with Crippen LogP contribution in [0.2, 0.25) is 0 Å². The van der Waals surface area contributed by atoms with Gasteiger partial charge in [0.15, 0.2) is 0 Å². The summed E-state index contributed by atoms with van der Waals surface area (Å²) < 4.78 is 5.35. The van der Waals surface area contributed by atoms with E-state index in [1.165, 1.54) is 11.3 Å². The lowest BCUT2D eigenvalue weighted by Gasteiger charge is -2.26. The van der Waals surface area contributed by atoms with Crippen LogP contribution in [0.1, 0.15) is 4.88 Å². The number of nitrogens with zero attached hydrogens (tertiary/aromatic N) is 1. The van der Waals surface area contributed by atoms with Gasteiger partial charge >= 0.3 is 4.87 Å². The van der Waals surface area contributed by atoms with Gasteiger partial charge in [-0.05, 0) is 5.56 Å². The van der Waals surface area contributed by atoms with E-state index in [0.717, 1.165) is 49.0 Å². The Kier molecular flexibility index (Phi) is 3.77. The predicted molar refractivity (Wildman–Crippen MR) is 76.5 cm³/mol. The molecule has 0 radical (unpaired) electrons. The number of benzene rings is 1. The van der Waals surface area contributed by atoms with Crippen LogP contribution in [0.25, 0.3) is 11.3 Å². The Bertz CT molecular complexity index is 585. The summed E-state index contributed by atoms with van der Waals surface area (Å²) in [7, 11) is 0. The Morgan fingerprint density at radius 3 is 2.68 bits per heavy atom. The van der Waals surface area contributed by atoms with Crippen molar-refractivity contribution in [1.82, 2.24) is 9.88 Å². The number of morpholine rings is 1. The van der Waals surface area contributed by atoms with Gasteiger partial charge in [0.1, 0.15) is 0 Å². The molecule has 1 fully saturated rings. The zero-order chi connectivity index (χ0) is 13.1. The number of rotatable bonds is 3. The monoisotopic (exact) mass is 276 g/mol. The Labute approximate surface area is 115 Å². The van der Waals surface area contributed by atoms with Crippen molar-refractivity contribution in [2.24, 2.45) is 0 Å². The smallest absolute Gasteiger partial charge is 0.305 e. The molecular formula is C14H16N2O2S. The van der Waals surface area contributed by atoms with Crippen LogP contribution in [0.5, 0.6) is 0 Å². The fourth-order valence-corrected chi connectivity index (χ4v) is 3.17. The highest BCUT2D eigenvalue weighted by atomic mass is 32.1. The number of ether oxygens (including phenoxy) is 1. The molecule has 0 bridgehead atoms. The zero-order valence-corrected chi connectivity index (χ0v) is 11.4. The molecule has 0 amide bonds. The molecule has 19 heavy (non-hydrogen) atoms. The second kappa shape index (κ2) is 5.69. The summed E-state index contributed by atoms with van der Waals surface area (Å²) in [5.74, 6) is 0. The molecule has 5 heteroatoms. The van der Waals surface area contributed by atoms with Crippen LogP contribution < -0.4 is 4.87 Å². The molecule has 1 aromatic carbocycles. The van der Waals surface area contributed by atoms with E-state index in [4.69, 9.17) is 4.74 Å². The van der Waals surface area contributed by atoms with Gasteiger partial charge in [-0.25, -0.2) is 0 Å². The van der Waals surface area contributed by atoms with Crippen LogP contribution in [-0.4, -0.2) is 36.2 Å². The normalized spacial score (nSPS) is 16.6. The Hall–Kier alpha value is -1.43. The third-order valence-electron chi connectivity index (χ3n) is 3.26. The lowest BCUT2D eigenvalue weighted by Crippen LogP contribution is -2.35. The minimum atomic E-state index is 0.0158. The van der Waals surface area contributed by atoms with E-state index in [2.05, 4.69) is 9.88 Å². The molecule has 0 unspecified atom stereocenters. The summed E-state index contributed by atoms with van der Waals surface area (Å²) in [6, 6.07) is 10.0. The largest absolute Gasteiger partial charge is 0.379 e. The number of H-pyrrole nitrogens is 1. The topological polar surface area (TPSA) is 45.3 Å². The van der Waals surface area contributed by atoms with E-state index < -0.39 is 0 Å². The van der Waals surface area contributed by atoms with Gasteiger partial charge in [-0.15, -0.1) is 0 Å². The van der Waals surface area contributed by atoms with Crippen molar-refractivity contribution < 1.29 is 4.74 Å². The average molecular weight is 276 g/mol. The maximum absolute atomic E-state index is 11.6. The molecular weight excluding hydrogens is 260 g/mol. The molecule has 0 aliphatic carbocycles. The fraction of sp³-hybridized carbons (Fsp3) is 0.357. The van der Waals surface area contributed by atoms with Crippen molar-refractivity contribution in [1.29, 1.82) is 0 Å². The molecule has 0 atom stereocenters. The summed E-state index contributed by atoms with van der Waals surface area (Å²) in [5, 5.41) is 0. The second-order valence-corrected chi connectivity index (χ2v) is 5.63. The number of aromatic amines is 1. The summed E-state index contributed by atoms with van der Waals surface area (Å²) in [4.78, 5) is 18.1. The molecule has 1 aliphatic rings. The summed E-state index contributed by atoms with van der Waals surface area (Å²) in [6.07, 6.45) is 0. The number of thiazole rings is 1. The Morgan fingerprint density at radius 1 is 1.21 bits per heavy atom. The number of hydrogen-bond donors (Lipinski definition) is 1. The number of hydrogen-bond acceptors (Lipinski definition) is 4. The van der Waals surface area contributed by atoms with Crippen LogP contribution in [0.3, 0.4) is 0 Å². The standard InChI is InChI=1S/C14H16N2O2S/c17-14-15-13(11-4-2-1-3-5-11)12(19-14)10-16-6-8-18-9-7-16/h1-5H,6-10H2,(H,15,17). The lowest BCUT2D eigenvalue weighted by molar-refractivity contribution is 0.0347. The van der Waals surface area contributed by atoms with Gasteiger partial charge in [0.2, 0.25) is 0 Å². The molecule has 2 aromatic rings. The molecule has 1 aliphatic heterocycles. The van der Waals surface area contributed by atoms with Crippen LogP contribution in [0, 0.1) is 0 Å². The first-order chi connectivity index (χ1) is 9.33. The fourth-order valence-electron chi connectivity index (χ4n) is 2.27. The maximum atomic E-state index is 11.6. The van der Waals surface area contributed by atoms with Crippen LogP contribution in [-0.2, 0) is 11.3 Å². The third kappa shape index (κ3) is 2.94. The molecule has 100 valence electrons. The Balaban J connectivity index is 1.87. The first kappa shape index (κ1) is 12.6. The minimum absolute atomic E-state index is 0.0158. The van der Waals surface area contributed by atoms with Gasteiger partial charge in [0.25, 0.3) is 0 Å². The van der Waals surface area contributed by atoms with Crippen molar-refractivity contribution in [3.63, 3.8) is 0 Å². The lowest BCUT2D eigenvalue weighted by atomic mass is 10.1. The summed E-state index contributed by atoms with van der Waals surface area (Å²) in [5.41, 5.74) is 2.03. The number of nitrogens with one attached hydrogen (secondary N) is 1. The van der Waals surface area contributed by atoms with Crippen molar-refractivity contribution in [3.05, 3.63) is 44.9 Å². The van der Waals surface area contributed by atoms with E-state index >= 15 is 0 Å². The molecule has 1 N–H and O–H groups in total. The molecule has 3 rings (SSSR count). The maximum Gasteiger partial charge on any atom is 0.305 e. The molecule has 1 saturated heterocycles. The SMILES string of the molecule is O=c1[nH]c(-c2ccccc2)c(CN2CCOCC2)s1. The second-order valence-electron chi connectivity index (χ2n) is 4.57. The van der Waals surface area contributed by atoms with Crippen LogP contribution >= 0.6 is 11.3 Å². The van der Waals surface area contributed by atoms with E-state index in [-0.39, 0.29) is 4.87 Å². The van der Waals surface area contributed by atoms with Crippen molar-refractivity contribution in [2.75, 3.05) is 26.3 Å². The van der Waals surface area contributed by atoms with Crippen LogP contribution in [0.15, 0.2) is 35.1 Å². The quantitative estimate of drug-likeness (QED) is 0.932. The minimum Gasteiger partial charge on any atom is -0.379 e. The van der Waals surface area contributed by atoms with E-state index in [1.807, 2.05) is 30.3 Å². The highest BCUT2D eigenvalue weighted by Crippen LogP contribution is 2.24. The van der Waals surface area contributed by atoms with Gasteiger partial charge in [-0.2, -0.15) is 0 Å². The van der Waals surface area contributed by atoms with E-state index in [0.29, 0.717) is 0 Å².